The summed E-state index contributed by atoms with van der Waals surface area (Å²) in [7, 11) is 0. The maximum atomic E-state index is 13.0. The minimum Gasteiger partial charge on any atom is -0.490 e. The van der Waals surface area contributed by atoms with E-state index in [1.54, 1.807) is 4.90 Å². The molecule has 0 bridgehead atoms. The average Bonchev–Trinajstić information content (AvgIpc) is 2.80. The summed E-state index contributed by atoms with van der Waals surface area (Å²) in [5, 5.41) is 0.273. The second-order valence-corrected chi connectivity index (χ2v) is 7.84. The van der Waals surface area contributed by atoms with Gasteiger partial charge in [0.15, 0.2) is 11.5 Å². The zero-order valence-corrected chi connectivity index (χ0v) is 17.8. The molecule has 8 nitrogen and oxygen atoms in total. The van der Waals surface area contributed by atoms with E-state index in [4.69, 9.17) is 4.74 Å². The fourth-order valence-corrected chi connectivity index (χ4v) is 3.73. The highest BCUT2D eigenvalue weighted by Gasteiger charge is 2.24. The molecular weight excluding hydrogens is 406 g/mol. The number of nitrogens with zero attached hydrogens (tertiary/aromatic N) is 5. The fraction of sp³-hybridized carbons (Fsp3) is 0.208. The second kappa shape index (κ2) is 7.88. The van der Waals surface area contributed by atoms with Crippen molar-refractivity contribution in [2.45, 2.75) is 20.4 Å². The van der Waals surface area contributed by atoms with Gasteiger partial charge in [0.05, 0.1) is 12.2 Å². The first-order valence-electron chi connectivity index (χ1n) is 10.3. The Labute approximate surface area is 184 Å². The van der Waals surface area contributed by atoms with Crippen LogP contribution in [0.3, 0.4) is 0 Å². The molecule has 0 fully saturated rings. The van der Waals surface area contributed by atoms with Crippen LogP contribution in [0, 0.1) is 13.8 Å². The highest BCUT2D eigenvalue weighted by atomic mass is 16.5. The highest BCUT2D eigenvalue weighted by Crippen LogP contribution is 2.32. The van der Waals surface area contributed by atoms with Crippen molar-refractivity contribution >= 4 is 22.6 Å². The molecule has 5 rings (SSSR count). The van der Waals surface area contributed by atoms with E-state index in [1.165, 1.54) is 17.1 Å². The standard InChI is InChI=1S/C24H21N5O3/c1-15-3-6-17(7-4-15)22-25-12-18-23(27-22)26-14-28(24(18)31)13-21(30)29-9-10-32-20-8-5-16(2)11-19(20)29/h3-8,11-12,14H,9-10,13H2,1-2H3. The molecule has 0 spiro atoms. The molecule has 1 aliphatic heterocycles. The summed E-state index contributed by atoms with van der Waals surface area (Å²) in [4.78, 5) is 40.8. The minimum absolute atomic E-state index is 0.130. The number of hydrogen-bond acceptors (Lipinski definition) is 6. The number of fused-ring (bicyclic) bond motifs is 2. The van der Waals surface area contributed by atoms with Gasteiger partial charge in [0.25, 0.3) is 5.56 Å². The Kier molecular flexibility index (Phi) is 4.89. The van der Waals surface area contributed by atoms with Crippen molar-refractivity contribution in [3.8, 4) is 17.1 Å². The summed E-state index contributed by atoms with van der Waals surface area (Å²) in [5.74, 6) is 0.954. The monoisotopic (exact) mass is 427 g/mol. The number of ether oxygens (including phenoxy) is 1. The quantitative estimate of drug-likeness (QED) is 0.499. The maximum Gasteiger partial charge on any atom is 0.264 e. The number of aryl methyl sites for hydroxylation is 2. The van der Waals surface area contributed by atoms with Gasteiger partial charge in [0.1, 0.15) is 30.6 Å². The van der Waals surface area contributed by atoms with Gasteiger partial charge in [-0.15, -0.1) is 0 Å². The molecule has 0 saturated carbocycles. The molecular formula is C24H21N5O3. The number of carbonyl (C=O) groups is 1. The zero-order chi connectivity index (χ0) is 22.2. The Morgan fingerprint density at radius 2 is 1.84 bits per heavy atom. The van der Waals surface area contributed by atoms with Crippen LogP contribution in [0.1, 0.15) is 11.1 Å². The number of hydrogen-bond donors (Lipinski definition) is 0. The molecule has 0 saturated heterocycles. The van der Waals surface area contributed by atoms with Gasteiger partial charge in [-0.2, -0.15) is 0 Å². The predicted molar refractivity (Wildman–Crippen MR) is 121 cm³/mol. The number of rotatable bonds is 3. The summed E-state index contributed by atoms with van der Waals surface area (Å²) >= 11 is 0. The number of amides is 1. The van der Waals surface area contributed by atoms with E-state index in [2.05, 4.69) is 15.0 Å². The van der Waals surface area contributed by atoms with Crippen LogP contribution in [0.5, 0.6) is 5.75 Å². The van der Waals surface area contributed by atoms with E-state index in [9.17, 15) is 9.59 Å². The molecule has 1 aliphatic rings. The van der Waals surface area contributed by atoms with E-state index in [1.807, 2.05) is 56.3 Å². The molecule has 8 heteroatoms. The first-order chi connectivity index (χ1) is 15.5. The van der Waals surface area contributed by atoms with Crippen LogP contribution in [0.25, 0.3) is 22.4 Å². The summed E-state index contributed by atoms with van der Waals surface area (Å²) in [6, 6.07) is 13.5. The van der Waals surface area contributed by atoms with Crippen molar-refractivity contribution in [2.75, 3.05) is 18.1 Å². The maximum absolute atomic E-state index is 13.0. The number of carbonyl (C=O) groups excluding carboxylic acids is 1. The largest absolute Gasteiger partial charge is 0.490 e. The second-order valence-electron chi connectivity index (χ2n) is 7.84. The molecule has 2 aromatic carbocycles. The van der Waals surface area contributed by atoms with E-state index < -0.39 is 0 Å². The number of anilines is 1. The van der Waals surface area contributed by atoms with Gasteiger partial charge in [0.2, 0.25) is 5.91 Å². The SMILES string of the molecule is Cc1ccc(-c2ncc3c(=O)n(CC(=O)N4CCOc5ccc(C)cc54)cnc3n2)cc1. The molecule has 0 N–H and O–H groups in total. The van der Waals surface area contributed by atoms with Gasteiger partial charge in [-0.1, -0.05) is 35.9 Å². The molecule has 2 aromatic heterocycles. The van der Waals surface area contributed by atoms with Gasteiger partial charge >= 0.3 is 0 Å². The summed E-state index contributed by atoms with van der Waals surface area (Å²) in [6.45, 7) is 4.67. The van der Waals surface area contributed by atoms with Gasteiger partial charge in [-0.3, -0.25) is 14.2 Å². The van der Waals surface area contributed by atoms with Crippen molar-refractivity contribution in [3.63, 3.8) is 0 Å². The number of benzene rings is 2. The average molecular weight is 427 g/mol. The summed E-state index contributed by atoms with van der Waals surface area (Å²) in [5.41, 5.74) is 3.68. The van der Waals surface area contributed by atoms with Gasteiger partial charge in [0, 0.05) is 11.8 Å². The van der Waals surface area contributed by atoms with E-state index in [-0.39, 0.29) is 23.4 Å². The van der Waals surface area contributed by atoms with Crippen LogP contribution in [0.15, 0.2) is 59.8 Å². The van der Waals surface area contributed by atoms with Gasteiger partial charge < -0.3 is 9.64 Å². The minimum atomic E-state index is -0.350. The predicted octanol–water partition coefficient (Wildman–Crippen LogP) is 2.90. The van der Waals surface area contributed by atoms with Crippen LogP contribution in [-0.2, 0) is 11.3 Å². The zero-order valence-electron chi connectivity index (χ0n) is 17.8. The Morgan fingerprint density at radius 3 is 2.66 bits per heavy atom. The fourth-order valence-electron chi connectivity index (χ4n) is 3.73. The number of aromatic nitrogens is 4. The van der Waals surface area contributed by atoms with E-state index in [0.29, 0.717) is 36.1 Å². The van der Waals surface area contributed by atoms with Crippen LogP contribution in [-0.4, -0.2) is 38.6 Å². The third kappa shape index (κ3) is 3.60. The normalized spacial score (nSPS) is 13.0. The molecule has 4 aromatic rings. The van der Waals surface area contributed by atoms with Crippen LogP contribution < -0.4 is 15.2 Å². The molecule has 3 heterocycles. The first-order valence-corrected chi connectivity index (χ1v) is 10.3. The lowest BCUT2D eigenvalue weighted by Gasteiger charge is -2.30. The Balaban J connectivity index is 1.44. The molecule has 160 valence electrons. The molecule has 0 unspecified atom stereocenters. The Bertz CT molecular complexity index is 1400. The van der Waals surface area contributed by atoms with Crippen LogP contribution in [0.4, 0.5) is 5.69 Å². The topological polar surface area (TPSA) is 90.2 Å². The first kappa shape index (κ1) is 19.9. The van der Waals surface area contributed by atoms with Crippen molar-refractivity contribution in [1.82, 2.24) is 19.5 Å². The Morgan fingerprint density at radius 1 is 1.06 bits per heavy atom. The third-order valence-corrected chi connectivity index (χ3v) is 5.47. The molecule has 0 atom stereocenters. The Hall–Kier alpha value is -4.07. The van der Waals surface area contributed by atoms with Crippen molar-refractivity contribution in [2.24, 2.45) is 0 Å². The lowest BCUT2D eigenvalue weighted by atomic mass is 10.1. The van der Waals surface area contributed by atoms with Crippen molar-refractivity contribution in [3.05, 3.63) is 76.5 Å². The smallest absolute Gasteiger partial charge is 0.264 e. The summed E-state index contributed by atoms with van der Waals surface area (Å²) in [6.07, 6.45) is 2.84. The van der Waals surface area contributed by atoms with Crippen molar-refractivity contribution < 1.29 is 9.53 Å². The van der Waals surface area contributed by atoms with Crippen LogP contribution in [0.2, 0.25) is 0 Å². The van der Waals surface area contributed by atoms with Gasteiger partial charge in [-0.25, -0.2) is 15.0 Å². The van der Waals surface area contributed by atoms with E-state index >= 15 is 0 Å². The lowest BCUT2D eigenvalue weighted by Crippen LogP contribution is -2.41. The van der Waals surface area contributed by atoms with Crippen LogP contribution >= 0.6 is 0 Å². The molecule has 0 radical (unpaired) electrons. The molecule has 1 amide bonds. The molecule has 32 heavy (non-hydrogen) atoms. The highest BCUT2D eigenvalue weighted by molar-refractivity contribution is 5.95. The van der Waals surface area contributed by atoms with Gasteiger partial charge in [-0.05, 0) is 31.5 Å². The van der Waals surface area contributed by atoms with Crippen molar-refractivity contribution in [1.29, 1.82) is 0 Å². The third-order valence-electron chi connectivity index (χ3n) is 5.47. The van der Waals surface area contributed by atoms with E-state index in [0.717, 1.165) is 16.7 Å². The molecule has 0 aliphatic carbocycles. The lowest BCUT2D eigenvalue weighted by molar-refractivity contribution is -0.119. The summed E-state index contributed by atoms with van der Waals surface area (Å²) < 4.78 is 6.95.